The molecule has 1 amide bonds. The van der Waals surface area contributed by atoms with E-state index in [-0.39, 0.29) is 5.69 Å². The molecule has 0 radical (unpaired) electrons. The smallest absolute Gasteiger partial charge is 0.325 e. The topological polar surface area (TPSA) is 102 Å². The van der Waals surface area contributed by atoms with Crippen molar-refractivity contribution in [2.75, 3.05) is 5.32 Å². The van der Waals surface area contributed by atoms with Crippen molar-refractivity contribution < 1.29 is 14.7 Å². The van der Waals surface area contributed by atoms with Crippen LogP contribution < -0.4 is 5.32 Å². The van der Waals surface area contributed by atoms with Crippen LogP contribution in [0.3, 0.4) is 0 Å². The van der Waals surface area contributed by atoms with Crippen LogP contribution in [-0.4, -0.2) is 36.5 Å². The van der Waals surface area contributed by atoms with Gasteiger partial charge in [0.2, 0.25) is 0 Å². The Morgan fingerprint density at radius 1 is 1.19 bits per heavy atom. The van der Waals surface area contributed by atoms with Crippen molar-refractivity contribution in [3.8, 4) is 0 Å². The number of carboxylic acids is 1. The Hall–Kier alpha value is -2.84. The third-order valence-corrected chi connectivity index (χ3v) is 4.05. The maximum Gasteiger partial charge on any atom is 0.325 e. The van der Waals surface area contributed by atoms with Gasteiger partial charge in [-0.1, -0.05) is 29.3 Å². The molecule has 0 aliphatic heterocycles. The molecule has 0 saturated heterocycles. The van der Waals surface area contributed by atoms with Crippen molar-refractivity contribution in [1.29, 1.82) is 0 Å². The molecule has 2 N–H and O–H groups in total. The molecule has 0 fully saturated rings. The van der Waals surface area contributed by atoms with E-state index in [1.165, 1.54) is 12.3 Å². The molecule has 8 nitrogen and oxygen atoms in total. The van der Waals surface area contributed by atoms with Gasteiger partial charge in [0.05, 0.1) is 6.54 Å². The van der Waals surface area contributed by atoms with Gasteiger partial charge in [0.15, 0.2) is 5.82 Å². The van der Waals surface area contributed by atoms with E-state index in [2.05, 4.69) is 15.5 Å². The van der Waals surface area contributed by atoms with Crippen molar-refractivity contribution in [3.05, 3.63) is 64.0 Å². The predicted octanol–water partition coefficient (Wildman–Crippen LogP) is 2.77. The van der Waals surface area contributed by atoms with E-state index in [9.17, 15) is 9.59 Å². The number of nitrogens with zero attached hydrogens (tertiary/aromatic N) is 4. The predicted molar refractivity (Wildman–Crippen MR) is 95.6 cm³/mol. The number of carboxylic acid groups (broad SMARTS) is 1. The Labute approximate surface area is 157 Å². The zero-order chi connectivity index (χ0) is 18.7. The first-order chi connectivity index (χ1) is 12.4. The maximum atomic E-state index is 12.3. The number of amides is 1. The zero-order valence-electron chi connectivity index (χ0n) is 13.3. The van der Waals surface area contributed by atoms with Gasteiger partial charge in [-0.05, 0) is 23.8 Å². The van der Waals surface area contributed by atoms with Gasteiger partial charge in [0.25, 0.3) is 5.91 Å². The van der Waals surface area contributed by atoms with Gasteiger partial charge in [0, 0.05) is 28.5 Å². The van der Waals surface area contributed by atoms with Crippen molar-refractivity contribution in [1.82, 2.24) is 19.6 Å². The molecule has 2 aromatic heterocycles. The number of hydrogen-bond acceptors (Lipinski definition) is 4. The normalized spacial score (nSPS) is 10.7. The monoisotopic (exact) mass is 393 g/mol. The summed E-state index contributed by atoms with van der Waals surface area (Å²) in [5, 5.41) is 20.6. The summed E-state index contributed by atoms with van der Waals surface area (Å²) in [4.78, 5) is 23.1. The lowest BCUT2D eigenvalue weighted by molar-refractivity contribution is -0.137. The fourth-order valence-corrected chi connectivity index (χ4v) is 2.77. The maximum absolute atomic E-state index is 12.3. The molecule has 26 heavy (non-hydrogen) atoms. The van der Waals surface area contributed by atoms with Crippen molar-refractivity contribution in [2.45, 2.75) is 13.1 Å². The van der Waals surface area contributed by atoms with Gasteiger partial charge < -0.3 is 10.4 Å². The summed E-state index contributed by atoms with van der Waals surface area (Å²) in [6, 6.07) is 8.24. The standard InChI is InChI=1S/C16H13Cl2N5O3/c17-11-2-1-10(12(18)7-11)8-22-6-4-14(21-22)20-16(26)13-3-5-19-23(13)9-15(24)25/h1-7H,8-9H2,(H,24,25)(H,20,21,26). The molecule has 0 aliphatic carbocycles. The molecule has 2 heterocycles. The summed E-state index contributed by atoms with van der Waals surface area (Å²) in [6.07, 6.45) is 3.05. The van der Waals surface area contributed by atoms with Gasteiger partial charge in [-0.25, -0.2) is 4.68 Å². The highest BCUT2D eigenvalue weighted by atomic mass is 35.5. The molecule has 0 aliphatic rings. The van der Waals surface area contributed by atoms with Crippen LogP contribution >= 0.6 is 23.2 Å². The molecule has 0 spiro atoms. The van der Waals surface area contributed by atoms with Crippen LogP contribution in [0.5, 0.6) is 0 Å². The molecular weight excluding hydrogens is 381 g/mol. The lowest BCUT2D eigenvalue weighted by atomic mass is 10.2. The number of hydrogen-bond donors (Lipinski definition) is 2. The highest BCUT2D eigenvalue weighted by Gasteiger charge is 2.15. The lowest BCUT2D eigenvalue weighted by Crippen LogP contribution is -2.21. The number of carbonyl (C=O) groups is 2. The molecule has 0 saturated carbocycles. The van der Waals surface area contributed by atoms with E-state index in [0.29, 0.717) is 22.4 Å². The second-order valence-electron chi connectivity index (χ2n) is 5.36. The summed E-state index contributed by atoms with van der Waals surface area (Å²) in [6.45, 7) is 0.00206. The van der Waals surface area contributed by atoms with Gasteiger partial charge in [-0.3, -0.25) is 14.3 Å². The van der Waals surface area contributed by atoms with E-state index in [4.69, 9.17) is 28.3 Å². The minimum absolute atomic E-state index is 0.127. The van der Waals surface area contributed by atoms with Crippen LogP contribution in [0.2, 0.25) is 10.0 Å². The number of benzene rings is 1. The Bertz CT molecular complexity index is 966. The van der Waals surface area contributed by atoms with Gasteiger partial charge in [-0.2, -0.15) is 10.2 Å². The first kappa shape index (κ1) is 18.0. The zero-order valence-corrected chi connectivity index (χ0v) is 14.8. The molecular formula is C16H13Cl2N5O3. The lowest BCUT2D eigenvalue weighted by Gasteiger charge is -2.06. The van der Waals surface area contributed by atoms with E-state index < -0.39 is 18.4 Å². The quantitative estimate of drug-likeness (QED) is 0.670. The third kappa shape index (κ3) is 4.22. The number of rotatable bonds is 6. The highest BCUT2D eigenvalue weighted by molar-refractivity contribution is 6.35. The molecule has 0 atom stereocenters. The van der Waals surface area contributed by atoms with Gasteiger partial charge >= 0.3 is 5.97 Å². The second-order valence-corrected chi connectivity index (χ2v) is 6.20. The Kier molecular flexibility index (Phi) is 5.24. The highest BCUT2D eigenvalue weighted by Crippen LogP contribution is 2.22. The van der Waals surface area contributed by atoms with E-state index in [1.807, 2.05) is 0 Å². The SMILES string of the molecule is O=C(O)Cn1nccc1C(=O)Nc1ccn(Cc2ccc(Cl)cc2Cl)n1. The average molecular weight is 394 g/mol. The first-order valence-electron chi connectivity index (χ1n) is 7.45. The van der Waals surface area contributed by atoms with Crippen LogP contribution in [0.4, 0.5) is 5.82 Å². The first-order valence-corrected chi connectivity index (χ1v) is 8.20. The number of carbonyl (C=O) groups excluding carboxylic acids is 1. The molecule has 10 heteroatoms. The number of aliphatic carboxylic acids is 1. The minimum Gasteiger partial charge on any atom is -0.480 e. The van der Waals surface area contributed by atoms with Crippen LogP contribution in [0, 0.1) is 0 Å². The summed E-state index contributed by atoms with van der Waals surface area (Å²) < 4.78 is 2.71. The Balaban J connectivity index is 1.69. The molecule has 134 valence electrons. The van der Waals surface area contributed by atoms with E-state index in [0.717, 1.165) is 10.2 Å². The molecule has 0 unspecified atom stereocenters. The van der Waals surface area contributed by atoms with Crippen LogP contribution in [0.1, 0.15) is 16.1 Å². The van der Waals surface area contributed by atoms with Crippen LogP contribution in [0.15, 0.2) is 42.7 Å². The summed E-state index contributed by atoms with van der Waals surface area (Å²) >= 11 is 12.0. The van der Waals surface area contributed by atoms with E-state index in [1.54, 1.807) is 35.1 Å². The fourth-order valence-electron chi connectivity index (χ4n) is 2.30. The Morgan fingerprint density at radius 3 is 2.73 bits per heavy atom. The largest absolute Gasteiger partial charge is 0.480 e. The van der Waals surface area contributed by atoms with Gasteiger partial charge in [-0.15, -0.1) is 0 Å². The van der Waals surface area contributed by atoms with Crippen molar-refractivity contribution in [3.63, 3.8) is 0 Å². The van der Waals surface area contributed by atoms with Crippen molar-refractivity contribution in [2.24, 2.45) is 0 Å². The number of anilines is 1. The number of nitrogens with one attached hydrogen (secondary N) is 1. The van der Waals surface area contributed by atoms with Gasteiger partial charge in [0.1, 0.15) is 12.2 Å². The number of halogens is 2. The summed E-state index contributed by atoms with van der Waals surface area (Å²) in [5.41, 5.74) is 0.958. The summed E-state index contributed by atoms with van der Waals surface area (Å²) in [5.74, 6) is -1.27. The summed E-state index contributed by atoms with van der Waals surface area (Å²) in [7, 11) is 0. The fraction of sp³-hybridized carbons (Fsp3) is 0.125. The molecule has 3 rings (SSSR count). The van der Waals surface area contributed by atoms with Crippen LogP contribution in [-0.2, 0) is 17.9 Å². The number of aromatic nitrogens is 4. The molecule has 1 aromatic carbocycles. The average Bonchev–Trinajstić information content (AvgIpc) is 3.19. The van der Waals surface area contributed by atoms with E-state index >= 15 is 0 Å². The van der Waals surface area contributed by atoms with Crippen LogP contribution in [0.25, 0.3) is 0 Å². The minimum atomic E-state index is -1.09. The third-order valence-electron chi connectivity index (χ3n) is 3.46. The Morgan fingerprint density at radius 2 is 2.00 bits per heavy atom. The molecule has 3 aromatic rings. The molecule has 0 bridgehead atoms. The van der Waals surface area contributed by atoms with Crippen molar-refractivity contribution >= 4 is 40.9 Å². The second kappa shape index (κ2) is 7.59.